The summed E-state index contributed by atoms with van der Waals surface area (Å²) in [6.07, 6.45) is 3.97. The highest BCUT2D eigenvalue weighted by atomic mass is 35.5. The van der Waals surface area contributed by atoms with Crippen LogP contribution in [0.4, 0.5) is 5.82 Å². The Labute approximate surface area is 166 Å². The summed E-state index contributed by atoms with van der Waals surface area (Å²) in [5, 5.41) is 9.27. The molecule has 8 heteroatoms. The minimum absolute atomic E-state index is 0.403. The van der Waals surface area contributed by atoms with E-state index in [0.717, 1.165) is 38.3 Å². The van der Waals surface area contributed by atoms with E-state index in [4.69, 9.17) is 23.2 Å². The molecule has 1 aliphatic heterocycles. The second kappa shape index (κ2) is 9.13. The Morgan fingerprint density at radius 3 is 2.96 bits per heavy atom. The second-order valence-corrected chi connectivity index (χ2v) is 8.84. The van der Waals surface area contributed by atoms with Gasteiger partial charge in [0.05, 0.1) is 20.7 Å². The first-order chi connectivity index (χ1) is 12.5. The van der Waals surface area contributed by atoms with Crippen molar-refractivity contribution in [3.8, 4) is 0 Å². The summed E-state index contributed by atoms with van der Waals surface area (Å²) in [6, 6.07) is 9.41. The summed E-state index contributed by atoms with van der Waals surface area (Å²) < 4.78 is 12.6. The molecule has 2 heterocycles. The summed E-state index contributed by atoms with van der Waals surface area (Å²) in [7, 11) is 0.892. The van der Waals surface area contributed by atoms with Crippen LogP contribution < -0.4 is 4.90 Å². The largest absolute Gasteiger partial charge is 0.351 e. The van der Waals surface area contributed by atoms with Crippen molar-refractivity contribution in [2.24, 2.45) is 0 Å². The van der Waals surface area contributed by atoms with Gasteiger partial charge in [-0.05, 0) is 50.2 Å². The molecular weight excluding hydrogens is 391 g/mol. The predicted octanol–water partition coefficient (Wildman–Crippen LogP) is 3.49. The Morgan fingerprint density at radius 2 is 2.19 bits per heavy atom. The fourth-order valence-corrected chi connectivity index (χ4v) is 5.08. The van der Waals surface area contributed by atoms with Gasteiger partial charge in [0.1, 0.15) is 0 Å². The Bertz CT molecular complexity index is 762. The first kappa shape index (κ1) is 19.5. The summed E-state index contributed by atoms with van der Waals surface area (Å²) in [5.74, 6) is 1.45. The van der Waals surface area contributed by atoms with Gasteiger partial charge in [-0.2, -0.15) is 5.10 Å². The molecule has 1 aromatic carbocycles. The standard InChI is InChI=1S/C18H22Cl2N4OS/c1-23(10-11-26(25)17-12-14(19)6-7-16(17)20)13-15-4-3-9-24(15)18-5-2-8-21-22-18/h2,5-8,12,15H,3-4,9-11,13H2,1H3. The minimum atomic E-state index is -1.17. The SMILES string of the molecule is CN(CCS(=O)c1cc(Cl)ccc1Cl)CC1CCCN1c1cccnn1. The van der Waals surface area contributed by atoms with Crippen molar-refractivity contribution in [3.05, 3.63) is 46.6 Å². The summed E-state index contributed by atoms with van der Waals surface area (Å²) in [5.41, 5.74) is 0. The van der Waals surface area contributed by atoms with Gasteiger partial charge in [-0.1, -0.05) is 23.2 Å². The first-order valence-corrected chi connectivity index (χ1v) is 10.7. The summed E-state index contributed by atoms with van der Waals surface area (Å²) in [6.45, 7) is 2.62. The Hall–Kier alpha value is -1.21. The van der Waals surface area contributed by atoms with E-state index in [1.54, 1.807) is 24.4 Å². The third-order valence-electron chi connectivity index (χ3n) is 4.55. The van der Waals surface area contributed by atoms with Crippen LogP contribution in [0.3, 0.4) is 0 Å². The zero-order valence-corrected chi connectivity index (χ0v) is 17.0. The lowest BCUT2D eigenvalue weighted by Gasteiger charge is -2.29. The van der Waals surface area contributed by atoms with Crippen LogP contribution in [0.2, 0.25) is 10.0 Å². The first-order valence-electron chi connectivity index (χ1n) is 8.61. The third kappa shape index (κ3) is 4.94. The lowest BCUT2D eigenvalue weighted by atomic mass is 10.2. The number of nitrogens with zero attached hydrogens (tertiary/aromatic N) is 4. The number of rotatable bonds is 7. The highest BCUT2D eigenvalue weighted by Crippen LogP contribution is 2.25. The summed E-state index contributed by atoms with van der Waals surface area (Å²) in [4.78, 5) is 5.14. The van der Waals surface area contributed by atoms with Crippen molar-refractivity contribution >= 4 is 39.8 Å². The van der Waals surface area contributed by atoms with Gasteiger partial charge in [0, 0.05) is 42.6 Å². The van der Waals surface area contributed by atoms with Crippen molar-refractivity contribution in [1.29, 1.82) is 0 Å². The second-order valence-electron chi connectivity index (χ2n) is 6.46. The number of hydrogen-bond donors (Lipinski definition) is 0. The zero-order valence-electron chi connectivity index (χ0n) is 14.6. The molecular formula is C18H22Cl2N4OS. The number of benzene rings is 1. The maximum Gasteiger partial charge on any atom is 0.151 e. The van der Waals surface area contributed by atoms with Crippen molar-refractivity contribution < 1.29 is 4.21 Å². The molecule has 26 heavy (non-hydrogen) atoms. The Kier molecular flexibility index (Phi) is 6.86. The molecule has 0 aliphatic carbocycles. The quantitative estimate of drug-likeness (QED) is 0.696. The Morgan fingerprint density at radius 1 is 1.35 bits per heavy atom. The van der Waals surface area contributed by atoms with E-state index >= 15 is 0 Å². The van der Waals surface area contributed by atoms with Crippen molar-refractivity contribution in [1.82, 2.24) is 15.1 Å². The Balaban J connectivity index is 1.54. The van der Waals surface area contributed by atoms with E-state index in [9.17, 15) is 4.21 Å². The number of halogens is 2. The van der Waals surface area contributed by atoms with Gasteiger partial charge in [-0.25, -0.2) is 0 Å². The van der Waals surface area contributed by atoms with E-state index in [2.05, 4.69) is 27.0 Å². The van der Waals surface area contributed by atoms with Gasteiger partial charge in [-0.3, -0.25) is 4.21 Å². The molecule has 0 amide bonds. The molecule has 0 saturated carbocycles. The average Bonchev–Trinajstić information content (AvgIpc) is 3.10. The summed E-state index contributed by atoms with van der Waals surface area (Å²) >= 11 is 12.1. The van der Waals surface area contributed by atoms with Crippen LogP contribution in [-0.2, 0) is 10.8 Å². The van der Waals surface area contributed by atoms with Crippen molar-refractivity contribution in [2.45, 2.75) is 23.8 Å². The molecule has 0 radical (unpaired) electrons. The number of aromatic nitrogens is 2. The van der Waals surface area contributed by atoms with Gasteiger partial charge < -0.3 is 9.80 Å². The molecule has 140 valence electrons. The molecule has 2 aromatic rings. The maximum absolute atomic E-state index is 12.6. The van der Waals surface area contributed by atoms with Crippen LogP contribution >= 0.6 is 23.2 Å². The molecule has 1 fully saturated rings. The van der Waals surface area contributed by atoms with Crippen molar-refractivity contribution in [3.63, 3.8) is 0 Å². The van der Waals surface area contributed by atoms with Gasteiger partial charge in [-0.15, -0.1) is 5.10 Å². The lowest BCUT2D eigenvalue weighted by molar-refractivity contribution is 0.327. The fraction of sp³-hybridized carbons (Fsp3) is 0.444. The number of anilines is 1. The predicted molar refractivity (Wildman–Crippen MR) is 108 cm³/mol. The molecule has 2 unspecified atom stereocenters. The maximum atomic E-state index is 12.6. The van der Waals surface area contributed by atoms with Crippen LogP contribution in [0.25, 0.3) is 0 Å². The molecule has 0 spiro atoms. The van der Waals surface area contributed by atoms with Gasteiger partial charge in [0.2, 0.25) is 0 Å². The van der Waals surface area contributed by atoms with Gasteiger partial charge in [0.25, 0.3) is 0 Å². The molecule has 3 rings (SSSR count). The van der Waals surface area contributed by atoms with E-state index < -0.39 is 10.8 Å². The molecule has 2 atom stereocenters. The zero-order chi connectivity index (χ0) is 18.5. The smallest absolute Gasteiger partial charge is 0.151 e. The average molecular weight is 413 g/mol. The minimum Gasteiger partial charge on any atom is -0.351 e. The van der Waals surface area contributed by atoms with Crippen LogP contribution in [0.1, 0.15) is 12.8 Å². The molecule has 1 aromatic heterocycles. The van der Waals surface area contributed by atoms with Crippen LogP contribution in [0, 0.1) is 0 Å². The molecule has 5 nitrogen and oxygen atoms in total. The van der Waals surface area contributed by atoms with Crippen LogP contribution in [0.15, 0.2) is 41.4 Å². The molecule has 0 bridgehead atoms. The van der Waals surface area contributed by atoms with Crippen molar-refractivity contribution in [2.75, 3.05) is 37.3 Å². The van der Waals surface area contributed by atoms with Crippen LogP contribution in [0.5, 0.6) is 0 Å². The van der Waals surface area contributed by atoms with E-state index in [1.807, 2.05) is 12.1 Å². The van der Waals surface area contributed by atoms with Crippen LogP contribution in [-0.4, -0.2) is 57.8 Å². The topological polar surface area (TPSA) is 49.3 Å². The monoisotopic (exact) mass is 412 g/mol. The molecule has 0 N–H and O–H groups in total. The fourth-order valence-electron chi connectivity index (χ4n) is 3.23. The van der Waals surface area contributed by atoms with Gasteiger partial charge in [0.15, 0.2) is 5.82 Å². The third-order valence-corrected chi connectivity index (χ3v) is 6.61. The highest BCUT2D eigenvalue weighted by Gasteiger charge is 2.26. The molecule has 1 saturated heterocycles. The normalized spacial score (nSPS) is 18.5. The van der Waals surface area contributed by atoms with Gasteiger partial charge >= 0.3 is 0 Å². The van der Waals surface area contributed by atoms with E-state index in [-0.39, 0.29) is 0 Å². The number of likely N-dealkylation sites (N-methyl/N-ethyl adjacent to an activating group) is 1. The molecule has 1 aliphatic rings. The number of hydrogen-bond acceptors (Lipinski definition) is 5. The van der Waals surface area contributed by atoms with E-state index in [1.165, 1.54) is 0 Å². The van der Waals surface area contributed by atoms with E-state index in [0.29, 0.717) is 26.7 Å². The lowest BCUT2D eigenvalue weighted by Crippen LogP contribution is -2.40. The highest BCUT2D eigenvalue weighted by molar-refractivity contribution is 7.85.